The van der Waals surface area contributed by atoms with Crippen molar-refractivity contribution in [3.05, 3.63) is 71.3 Å². The second-order valence-electron chi connectivity index (χ2n) is 5.73. The second kappa shape index (κ2) is 5.63. The van der Waals surface area contributed by atoms with E-state index in [-0.39, 0.29) is 21.4 Å². The van der Waals surface area contributed by atoms with E-state index < -0.39 is 21.6 Å². The molecule has 4 aromatic rings. The summed E-state index contributed by atoms with van der Waals surface area (Å²) < 4.78 is 28.1. The molecule has 26 heavy (non-hydrogen) atoms. The number of benzene rings is 2. The summed E-state index contributed by atoms with van der Waals surface area (Å²) in [7, 11) is -4.27. The molecule has 0 N–H and O–H groups in total. The molecule has 0 fully saturated rings. The summed E-state index contributed by atoms with van der Waals surface area (Å²) in [5, 5.41) is 0.636. The van der Waals surface area contributed by atoms with Crippen LogP contribution in [-0.4, -0.2) is 27.8 Å². The third-order valence-corrected chi connectivity index (χ3v) is 5.85. The molecule has 130 valence electrons. The predicted molar refractivity (Wildman–Crippen MR) is 96.8 cm³/mol. The van der Waals surface area contributed by atoms with Gasteiger partial charge in [0.05, 0.1) is 16.6 Å². The van der Waals surface area contributed by atoms with Crippen LogP contribution in [0.4, 0.5) is 0 Å². The van der Waals surface area contributed by atoms with Crippen LogP contribution in [0, 0.1) is 0 Å². The maximum absolute atomic E-state index is 13.3. The number of imidazole rings is 1. The third-order valence-electron chi connectivity index (χ3n) is 4.14. The maximum atomic E-state index is 13.3. The van der Waals surface area contributed by atoms with Gasteiger partial charge in [-0.15, -0.1) is 0 Å². The van der Waals surface area contributed by atoms with Gasteiger partial charge in [0, 0.05) is 18.5 Å². The third kappa shape index (κ3) is 2.19. The Balaban J connectivity index is 2.15. The number of hydrogen-bond donors (Lipinski definition) is 0. The highest BCUT2D eigenvalue weighted by Crippen LogP contribution is 2.25. The van der Waals surface area contributed by atoms with Crippen molar-refractivity contribution < 1.29 is 13.2 Å². The van der Waals surface area contributed by atoms with Crippen molar-refractivity contribution in [3.8, 4) is 0 Å². The molecule has 0 radical (unpaired) electrons. The molecule has 2 heterocycles. The fraction of sp³-hybridized carbons (Fsp3) is 0.0556. The minimum atomic E-state index is -4.27. The number of rotatable bonds is 2. The summed E-state index contributed by atoms with van der Waals surface area (Å²) in [5.41, 5.74) is -0.282. The number of hydrogen-bond acceptors (Lipinski definition) is 5. The van der Waals surface area contributed by atoms with Crippen molar-refractivity contribution in [1.29, 1.82) is 0 Å². The van der Waals surface area contributed by atoms with Crippen LogP contribution in [0.3, 0.4) is 0 Å². The first-order chi connectivity index (χ1) is 12.4. The standard InChI is InChI=1S/C18H13N3O4S/c1-12(22)20-14-8-2-3-9-15(14)21(18(20)23)26(24,25)16-10-4-6-13-7-5-11-19-17(13)16/h2-11H,1H3. The number of nitrogens with zero attached hydrogens (tertiary/aromatic N) is 3. The molecular weight excluding hydrogens is 354 g/mol. The van der Waals surface area contributed by atoms with E-state index in [1.807, 2.05) is 0 Å². The normalized spacial score (nSPS) is 11.9. The summed E-state index contributed by atoms with van der Waals surface area (Å²) in [6, 6.07) is 14.4. The van der Waals surface area contributed by atoms with Gasteiger partial charge >= 0.3 is 5.69 Å². The fourth-order valence-electron chi connectivity index (χ4n) is 3.04. The van der Waals surface area contributed by atoms with Crippen LogP contribution in [0.5, 0.6) is 0 Å². The van der Waals surface area contributed by atoms with Crippen LogP contribution in [0.2, 0.25) is 0 Å². The second-order valence-corrected chi connectivity index (χ2v) is 7.48. The molecule has 8 heteroatoms. The first-order valence-electron chi connectivity index (χ1n) is 7.75. The zero-order valence-electron chi connectivity index (χ0n) is 13.7. The zero-order chi connectivity index (χ0) is 18.5. The smallest absolute Gasteiger partial charge is 0.274 e. The largest absolute Gasteiger partial charge is 0.350 e. The van der Waals surface area contributed by atoms with Crippen LogP contribution < -0.4 is 5.69 Å². The van der Waals surface area contributed by atoms with E-state index in [0.29, 0.717) is 9.36 Å². The van der Waals surface area contributed by atoms with Gasteiger partial charge in [-0.25, -0.2) is 17.8 Å². The first kappa shape index (κ1) is 16.2. The van der Waals surface area contributed by atoms with Crippen molar-refractivity contribution in [3.63, 3.8) is 0 Å². The Morgan fingerprint density at radius 3 is 2.38 bits per heavy atom. The van der Waals surface area contributed by atoms with Crippen LogP contribution in [0.15, 0.2) is 70.5 Å². The monoisotopic (exact) mass is 367 g/mol. The fourth-order valence-corrected chi connectivity index (χ4v) is 4.60. The van der Waals surface area contributed by atoms with Gasteiger partial charge < -0.3 is 0 Å². The summed E-state index contributed by atoms with van der Waals surface area (Å²) >= 11 is 0. The first-order valence-corrected chi connectivity index (χ1v) is 9.19. The molecule has 4 rings (SSSR count). The van der Waals surface area contributed by atoms with Gasteiger partial charge in [0.2, 0.25) is 5.91 Å². The van der Waals surface area contributed by atoms with Crippen molar-refractivity contribution >= 4 is 37.9 Å². The highest BCUT2D eigenvalue weighted by Gasteiger charge is 2.28. The number of carbonyl (C=O) groups excluding carboxylic acids is 1. The van der Waals surface area contributed by atoms with Crippen molar-refractivity contribution in [1.82, 2.24) is 13.5 Å². The van der Waals surface area contributed by atoms with Crippen LogP contribution in [0.1, 0.15) is 11.7 Å². The van der Waals surface area contributed by atoms with E-state index in [9.17, 15) is 18.0 Å². The molecule has 0 aliphatic rings. The average Bonchev–Trinajstić information content (AvgIpc) is 2.93. The summed E-state index contributed by atoms with van der Waals surface area (Å²) in [6.07, 6.45) is 1.49. The van der Waals surface area contributed by atoms with E-state index in [1.165, 1.54) is 31.3 Å². The lowest BCUT2D eigenvalue weighted by molar-refractivity contribution is 0.0937. The topological polar surface area (TPSA) is 91.0 Å². The molecule has 0 aliphatic carbocycles. The van der Waals surface area contributed by atoms with E-state index >= 15 is 0 Å². The molecular formula is C18H13N3O4S. The lowest BCUT2D eigenvalue weighted by Gasteiger charge is -2.08. The van der Waals surface area contributed by atoms with Gasteiger partial charge in [0.15, 0.2) is 0 Å². The molecule has 0 saturated carbocycles. The zero-order valence-corrected chi connectivity index (χ0v) is 14.5. The highest BCUT2D eigenvalue weighted by atomic mass is 32.2. The van der Waals surface area contributed by atoms with Crippen LogP contribution in [-0.2, 0) is 10.0 Å². The molecule has 7 nitrogen and oxygen atoms in total. The molecule has 0 aliphatic heterocycles. The Kier molecular flexibility index (Phi) is 3.52. The highest BCUT2D eigenvalue weighted by molar-refractivity contribution is 7.90. The van der Waals surface area contributed by atoms with Crippen LogP contribution in [0.25, 0.3) is 21.9 Å². The van der Waals surface area contributed by atoms with Gasteiger partial charge in [-0.05, 0) is 24.3 Å². The van der Waals surface area contributed by atoms with Crippen molar-refractivity contribution in [2.45, 2.75) is 11.8 Å². The molecule has 0 spiro atoms. The van der Waals surface area contributed by atoms with E-state index in [4.69, 9.17) is 0 Å². The van der Waals surface area contributed by atoms with E-state index in [1.54, 1.807) is 36.4 Å². The average molecular weight is 367 g/mol. The Morgan fingerprint density at radius 1 is 0.962 bits per heavy atom. The minimum Gasteiger partial charge on any atom is -0.274 e. The van der Waals surface area contributed by atoms with Gasteiger partial charge in [-0.3, -0.25) is 9.78 Å². The van der Waals surface area contributed by atoms with Gasteiger partial charge in [0.1, 0.15) is 4.90 Å². The molecule has 2 aromatic carbocycles. The van der Waals surface area contributed by atoms with E-state index in [2.05, 4.69) is 4.98 Å². The number of aromatic nitrogens is 3. The lowest BCUT2D eigenvalue weighted by Crippen LogP contribution is -2.31. The summed E-state index contributed by atoms with van der Waals surface area (Å²) in [4.78, 5) is 28.8. The van der Waals surface area contributed by atoms with Crippen molar-refractivity contribution in [2.75, 3.05) is 0 Å². The Morgan fingerprint density at radius 2 is 1.65 bits per heavy atom. The number of fused-ring (bicyclic) bond motifs is 2. The number of carbonyl (C=O) groups is 1. The molecule has 0 unspecified atom stereocenters. The number of para-hydroxylation sites is 3. The van der Waals surface area contributed by atoms with Crippen LogP contribution >= 0.6 is 0 Å². The van der Waals surface area contributed by atoms with E-state index in [0.717, 1.165) is 4.57 Å². The maximum Gasteiger partial charge on any atom is 0.350 e. The molecule has 0 amide bonds. The Hall–Kier alpha value is -3.26. The SMILES string of the molecule is CC(=O)n1c(=O)n(S(=O)(=O)c2cccc3cccnc23)c2ccccc21. The minimum absolute atomic E-state index is 0.0934. The molecule has 0 saturated heterocycles. The van der Waals surface area contributed by atoms with Gasteiger partial charge in [-0.2, -0.15) is 3.97 Å². The predicted octanol–water partition coefficient (Wildman–Crippen LogP) is 2.25. The molecule has 0 bridgehead atoms. The molecule has 2 aromatic heterocycles. The summed E-state index contributed by atoms with van der Waals surface area (Å²) in [5.74, 6) is -0.559. The molecule has 0 atom stereocenters. The Labute approximate surface area is 148 Å². The quantitative estimate of drug-likeness (QED) is 0.542. The van der Waals surface area contributed by atoms with Crippen molar-refractivity contribution in [2.24, 2.45) is 0 Å². The van der Waals surface area contributed by atoms with Gasteiger partial charge in [-0.1, -0.05) is 30.3 Å². The lowest BCUT2D eigenvalue weighted by atomic mass is 10.2. The number of pyridine rings is 1. The Bertz CT molecular complexity index is 1340. The van der Waals surface area contributed by atoms with Gasteiger partial charge in [0.25, 0.3) is 10.0 Å². The summed E-state index contributed by atoms with van der Waals surface area (Å²) in [6.45, 7) is 1.21.